The van der Waals surface area contributed by atoms with E-state index in [-0.39, 0.29) is 45.6 Å². The number of esters is 1. The highest BCUT2D eigenvalue weighted by atomic mass is 35.5. The number of carbonyl (C=O) groups excluding carboxylic acids is 3. The normalized spacial score (nSPS) is 22.0. The Morgan fingerprint density at radius 2 is 1.83 bits per heavy atom. The standard InChI is InChI=1S/C30H25Cl2FN4O9/c1-45-11-10-35-23(14-24(38)17-8-6-15(28(39)46-2)12-22(17)36(41)42)27(37(43)44)25(18-4-3-5-20(32)26(18)33)30(35)19-9-7-16(31)13-21(19)34-29(30)40/h3-9,12-13,23,25,27H,10-11,14H2,1-2H3,(H,34,40)/t23-,25-,27?,30+/m0/s1. The number of halogens is 3. The number of Topliss-reactive ketones (excluding diaryl/α,β-unsaturated/α-hetero) is 1. The molecule has 0 aromatic heterocycles. The Kier molecular flexibility index (Phi) is 9.09. The van der Waals surface area contributed by atoms with Crippen molar-refractivity contribution < 1.29 is 38.1 Å². The molecule has 46 heavy (non-hydrogen) atoms. The molecule has 3 aromatic carbocycles. The zero-order chi connectivity index (χ0) is 33.5. The molecule has 0 bridgehead atoms. The highest BCUT2D eigenvalue weighted by Gasteiger charge is 2.71. The fraction of sp³-hybridized carbons (Fsp3) is 0.300. The van der Waals surface area contributed by atoms with Gasteiger partial charge >= 0.3 is 5.97 Å². The summed E-state index contributed by atoms with van der Waals surface area (Å²) in [5.41, 5.74) is -3.07. The third-order valence-electron chi connectivity index (χ3n) is 8.43. The number of likely N-dealkylation sites (tertiary alicyclic amines) is 1. The van der Waals surface area contributed by atoms with Crippen LogP contribution in [0.3, 0.4) is 0 Å². The maximum absolute atomic E-state index is 15.9. The summed E-state index contributed by atoms with van der Waals surface area (Å²) in [6.45, 7) is -0.206. The van der Waals surface area contributed by atoms with Crippen LogP contribution in [-0.2, 0) is 19.8 Å². The quantitative estimate of drug-likeness (QED) is 0.133. The molecule has 1 N–H and O–H groups in total. The molecule has 2 heterocycles. The predicted molar refractivity (Wildman–Crippen MR) is 162 cm³/mol. The SMILES string of the molecule is COCCN1[C@@H](CC(=O)c2ccc(C(=O)OC)cc2[N+](=O)[O-])C([N+](=O)[O-])[C@H](c2cccc(Cl)c2F)[C@]12C(=O)Nc1cc(Cl)ccc12. The van der Waals surface area contributed by atoms with Crippen LogP contribution in [0.15, 0.2) is 54.6 Å². The van der Waals surface area contributed by atoms with Gasteiger partial charge in [0.25, 0.3) is 11.6 Å². The zero-order valence-corrected chi connectivity index (χ0v) is 25.7. The second-order valence-electron chi connectivity index (χ2n) is 10.7. The first kappa shape index (κ1) is 32.9. The van der Waals surface area contributed by atoms with Gasteiger partial charge < -0.3 is 14.8 Å². The maximum Gasteiger partial charge on any atom is 0.338 e. The Labute approximate surface area is 270 Å². The van der Waals surface area contributed by atoms with Crippen molar-refractivity contribution in [2.24, 2.45) is 0 Å². The summed E-state index contributed by atoms with van der Waals surface area (Å²) >= 11 is 12.3. The lowest BCUT2D eigenvalue weighted by molar-refractivity contribution is -0.528. The number of fused-ring (bicyclic) bond motifs is 2. The fourth-order valence-corrected chi connectivity index (χ4v) is 6.99. The molecule has 16 heteroatoms. The van der Waals surface area contributed by atoms with Crippen molar-refractivity contribution in [3.63, 3.8) is 0 Å². The number of ether oxygens (including phenoxy) is 2. The van der Waals surface area contributed by atoms with Crippen LogP contribution in [0.5, 0.6) is 0 Å². The summed E-state index contributed by atoms with van der Waals surface area (Å²) in [5, 5.41) is 27.6. The molecule has 2 aliphatic heterocycles. The highest BCUT2D eigenvalue weighted by Crippen LogP contribution is 2.59. The summed E-state index contributed by atoms with van der Waals surface area (Å²) < 4.78 is 25.8. The third kappa shape index (κ3) is 5.26. The predicted octanol–water partition coefficient (Wildman–Crippen LogP) is 5.01. The minimum absolute atomic E-state index is 0.0637. The lowest BCUT2D eigenvalue weighted by atomic mass is 9.73. The number of anilines is 1. The van der Waals surface area contributed by atoms with Crippen LogP contribution >= 0.6 is 23.2 Å². The Hall–Kier alpha value is -4.50. The lowest BCUT2D eigenvalue weighted by Gasteiger charge is -2.38. The van der Waals surface area contributed by atoms with Gasteiger partial charge in [-0.05, 0) is 30.3 Å². The molecule has 1 saturated heterocycles. The molecule has 240 valence electrons. The number of hydrogen-bond donors (Lipinski definition) is 1. The molecule has 13 nitrogen and oxygen atoms in total. The van der Waals surface area contributed by atoms with Crippen molar-refractivity contribution in [3.05, 3.63) is 113 Å². The minimum Gasteiger partial charge on any atom is -0.465 e. The summed E-state index contributed by atoms with van der Waals surface area (Å²) in [7, 11) is 2.45. The van der Waals surface area contributed by atoms with E-state index in [1.165, 1.54) is 48.4 Å². The van der Waals surface area contributed by atoms with E-state index >= 15 is 4.39 Å². The van der Waals surface area contributed by atoms with Crippen LogP contribution in [0.1, 0.15) is 44.2 Å². The summed E-state index contributed by atoms with van der Waals surface area (Å²) in [4.78, 5) is 65.0. The number of benzene rings is 3. The van der Waals surface area contributed by atoms with Crippen molar-refractivity contribution >= 4 is 52.2 Å². The molecule has 2 aliphatic rings. The van der Waals surface area contributed by atoms with E-state index in [9.17, 15) is 34.6 Å². The van der Waals surface area contributed by atoms with E-state index in [1.807, 2.05) is 0 Å². The third-order valence-corrected chi connectivity index (χ3v) is 8.96. The lowest BCUT2D eigenvalue weighted by Crippen LogP contribution is -2.53. The second kappa shape index (κ2) is 12.7. The molecule has 3 aromatic rings. The summed E-state index contributed by atoms with van der Waals surface area (Å²) in [6, 6.07) is 8.24. The number of nitrogens with zero attached hydrogens (tertiary/aromatic N) is 3. The molecule has 0 radical (unpaired) electrons. The van der Waals surface area contributed by atoms with Crippen molar-refractivity contribution in [2.45, 2.75) is 30.0 Å². The molecule has 4 atom stereocenters. The molecule has 0 aliphatic carbocycles. The first-order chi connectivity index (χ1) is 21.9. The topological polar surface area (TPSA) is 171 Å². The van der Waals surface area contributed by atoms with Crippen LogP contribution in [-0.4, -0.2) is 71.9 Å². The number of nitro benzene ring substituents is 1. The summed E-state index contributed by atoms with van der Waals surface area (Å²) in [6.07, 6.45) is -0.704. The number of carbonyl (C=O) groups is 3. The van der Waals surface area contributed by atoms with E-state index in [0.29, 0.717) is 0 Å². The van der Waals surface area contributed by atoms with Crippen LogP contribution in [0.25, 0.3) is 0 Å². The fourth-order valence-electron chi connectivity index (χ4n) is 6.64. The Morgan fingerprint density at radius 1 is 1.09 bits per heavy atom. The number of hydrogen-bond acceptors (Lipinski definition) is 10. The second-order valence-corrected chi connectivity index (χ2v) is 11.5. The Morgan fingerprint density at radius 3 is 2.48 bits per heavy atom. The number of amides is 1. The number of rotatable bonds is 10. The van der Waals surface area contributed by atoms with Gasteiger partial charge in [-0.1, -0.05) is 41.4 Å². The first-order valence-electron chi connectivity index (χ1n) is 13.7. The smallest absolute Gasteiger partial charge is 0.338 e. The van der Waals surface area contributed by atoms with Gasteiger partial charge in [0.2, 0.25) is 6.04 Å². The Balaban J connectivity index is 1.75. The van der Waals surface area contributed by atoms with Crippen LogP contribution in [0.4, 0.5) is 15.8 Å². The van der Waals surface area contributed by atoms with Gasteiger partial charge in [-0.3, -0.25) is 34.7 Å². The molecule has 1 unspecified atom stereocenters. The largest absolute Gasteiger partial charge is 0.465 e. The molecular formula is C30H25Cl2FN4O9. The summed E-state index contributed by atoms with van der Waals surface area (Å²) in [5.74, 6) is -5.03. The molecular weight excluding hydrogens is 650 g/mol. The van der Waals surface area contributed by atoms with Crippen LogP contribution in [0.2, 0.25) is 10.0 Å². The van der Waals surface area contributed by atoms with Gasteiger partial charge in [0, 0.05) is 52.9 Å². The Bertz CT molecular complexity index is 1790. The van der Waals surface area contributed by atoms with Crippen molar-refractivity contribution in [2.75, 3.05) is 32.7 Å². The van der Waals surface area contributed by atoms with E-state index < -0.39 is 74.5 Å². The van der Waals surface area contributed by atoms with Gasteiger partial charge in [0.05, 0.1) is 46.7 Å². The zero-order valence-electron chi connectivity index (χ0n) is 24.2. The van der Waals surface area contributed by atoms with Gasteiger partial charge in [-0.15, -0.1) is 0 Å². The van der Waals surface area contributed by atoms with Gasteiger partial charge in [0.15, 0.2) is 5.78 Å². The number of nitro groups is 2. The van der Waals surface area contributed by atoms with E-state index in [2.05, 4.69) is 10.1 Å². The molecule has 5 rings (SSSR count). The molecule has 1 amide bonds. The number of nitrogens with one attached hydrogen (secondary N) is 1. The molecule has 1 fully saturated rings. The van der Waals surface area contributed by atoms with Crippen LogP contribution in [0, 0.1) is 26.0 Å². The van der Waals surface area contributed by atoms with E-state index in [1.54, 1.807) is 0 Å². The first-order valence-corrected chi connectivity index (χ1v) is 14.5. The van der Waals surface area contributed by atoms with E-state index in [4.69, 9.17) is 27.9 Å². The monoisotopic (exact) mass is 674 g/mol. The van der Waals surface area contributed by atoms with Crippen molar-refractivity contribution in [1.29, 1.82) is 0 Å². The highest BCUT2D eigenvalue weighted by molar-refractivity contribution is 6.31. The van der Waals surface area contributed by atoms with Crippen LogP contribution < -0.4 is 5.32 Å². The number of ketones is 1. The van der Waals surface area contributed by atoms with Gasteiger partial charge in [0.1, 0.15) is 11.4 Å². The van der Waals surface area contributed by atoms with Gasteiger partial charge in [-0.25, -0.2) is 9.18 Å². The van der Waals surface area contributed by atoms with Gasteiger partial charge in [-0.2, -0.15) is 0 Å². The number of methoxy groups -OCH3 is 2. The van der Waals surface area contributed by atoms with E-state index in [0.717, 1.165) is 25.3 Å². The maximum atomic E-state index is 15.9. The minimum atomic E-state index is -1.96. The molecule has 1 spiro atoms. The van der Waals surface area contributed by atoms with Crippen molar-refractivity contribution in [1.82, 2.24) is 4.90 Å². The average Bonchev–Trinajstić information content (AvgIpc) is 3.46. The van der Waals surface area contributed by atoms with Crippen molar-refractivity contribution in [3.8, 4) is 0 Å². The average molecular weight is 675 g/mol. The molecule has 0 saturated carbocycles.